The number of aromatic nitrogens is 1. The number of benzene rings is 1. The first-order valence-corrected chi connectivity index (χ1v) is 8.05. The highest BCUT2D eigenvalue weighted by atomic mass is 35.5. The largest absolute Gasteiger partial charge is 0.313 e. The molecule has 2 aromatic rings. The van der Waals surface area contributed by atoms with Crippen LogP contribution in [0.4, 0.5) is 0 Å². The first kappa shape index (κ1) is 15.6. The maximum absolute atomic E-state index is 6.31. The molecule has 0 bridgehead atoms. The van der Waals surface area contributed by atoms with E-state index in [0.29, 0.717) is 5.02 Å². The zero-order chi connectivity index (χ0) is 14.4. The fourth-order valence-corrected chi connectivity index (χ4v) is 3.06. The van der Waals surface area contributed by atoms with Crippen molar-refractivity contribution in [3.8, 4) is 0 Å². The molecular weight excluding hydrogens is 311 g/mol. The van der Waals surface area contributed by atoms with Crippen molar-refractivity contribution < 1.29 is 0 Å². The second-order valence-electron chi connectivity index (χ2n) is 4.32. The Hall–Kier alpha value is -0.740. The van der Waals surface area contributed by atoms with Crippen LogP contribution >= 0.6 is 35.0 Å². The van der Waals surface area contributed by atoms with Crippen LogP contribution in [0.3, 0.4) is 0 Å². The Morgan fingerprint density at radius 3 is 2.75 bits per heavy atom. The molecule has 1 N–H and O–H groups in total. The van der Waals surface area contributed by atoms with Crippen molar-refractivity contribution in [3.63, 3.8) is 0 Å². The smallest absolute Gasteiger partial charge is 0.119 e. The predicted molar refractivity (Wildman–Crippen MR) is 86.8 cm³/mol. The Bertz CT molecular complexity index is 576. The minimum atomic E-state index is 0.655. The molecule has 106 valence electrons. The summed E-state index contributed by atoms with van der Waals surface area (Å²) in [6.45, 7) is 3.93. The molecule has 0 atom stereocenters. The average molecular weight is 327 g/mol. The van der Waals surface area contributed by atoms with Gasteiger partial charge in [0.2, 0.25) is 0 Å². The van der Waals surface area contributed by atoms with Gasteiger partial charge in [-0.3, -0.25) is 0 Å². The molecule has 1 aromatic heterocycles. The van der Waals surface area contributed by atoms with Crippen LogP contribution in [0.25, 0.3) is 0 Å². The maximum Gasteiger partial charge on any atom is 0.119 e. The van der Waals surface area contributed by atoms with Crippen molar-refractivity contribution in [2.24, 2.45) is 0 Å². The Kier molecular flexibility index (Phi) is 6.17. The predicted octanol–water partition coefficient (Wildman–Crippen LogP) is 5.04. The third-order valence-electron chi connectivity index (χ3n) is 2.71. The highest BCUT2D eigenvalue weighted by molar-refractivity contribution is 7.99. The molecule has 0 radical (unpaired) electrons. The van der Waals surface area contributed by atoms with Crippen molar-refractivity contribution in [1.29, 1.82) is 0 Å². The summed E-state index contributed by atoms with van der Waals surface area (Å²) >= 11 is 13.9. The Morgan fingerprint density at radius 2 is 2.05 bits per heavy atom. The van der Waals surface area contributed by atoms with E-state index in [1.165, 1.54) is 11.8 Å². The third-order valence-corrected chi connectivity index (χ3v) is 4.48. The lowest BCUT2D eigenvalue weighted by molar-refractivity contribution is 0.675. The summed E-state index contributed by atoms with van der Waals surface area (Å²) < 4.78 is 0. The molecule has 1 aromatic carbocycles. The number of nitrogens with zero attached hydrogens (tertiary/aromatic N) is 1. The molecule has 0 amide bonds. The number of halogens is 2. The van der Waals surface area contributed by atoms with Gasteiger partial charge in [0.05, 0.1) is 5.02 Å². The van der Waals surface area contributed by atoms with Crippen LogP contribution in [0.2, 0.25) is 10.0 Å². The first-order chi connectivity index (χ1) is 9.70. The molecule has 0 aliphatic rings. The second-order valence-corrected chi connectivity index (χ2v) is 6.20. The molecule has 0 saturated carbocycles. The van der Waals surface area contributed by atoms with Crippen molar-refractivity contribution in [2.45, 2.75) is 29.8 Å². The molecule has 0 aliphatic carbocycles. The Balaban J connectivity index is 2.07. The molecule has 1 heterocycles. The van der Waals surface area contributed by atoms with Gasteiger partial charge in [0.25, 0.3) is 0 Å². The highest BCUT2D eigenvalue weighted by Crippen LogP contribution is 2.33. The van der Waals surface area contributed by atoms with E-state index in [0.717, 1.165) is 40.0 Å². The fourth-order valence-electron chi connectivity index (χ4n) is 1.69. The van der Waals surface area contributed by atoms with Crippen molar-refractivity contribution in [1.82, 2.24) is 10.3 Å². The molecule has 20 heavy (non-hydrogen) atoms. The van der Waals surface area contributed by atoms with Crippen LogP contribution in [-0.4, -0.2) is 11.5 Å². The van der Waals surface area contributed by atoms with Crippen LogP contribution in [0, 0.1) is 0 Å². The summed E-state index contributed by atoms with van der Waals surface area (Å²) in [6, 6.07) is 9.71. The highest BCUT2D eigenvalue weighted by Gasteiger charge is 2.06. The average Bonchev–Trinajstić information content (AvgIpc) is 2.44. The van der Waals surface area contributed by atoms with E-state index in [9.17, 15) is 0 Å². The summed E-state index contributed by atoms with van der Waals surface area (Å²) in [5.41, 5.74) is 1.11. The minimum absolute atomic E-state index is 0.655. The molecule has 5 heteroatoms. The third kappa shape index (κ3) is 4.38. The van der Waals surface area contributed by atoms with Crippen LogP contribution < -0.4 is 5.32 Å². The topological polar surface area (TPSA) is 24.9 Å². The van der Waals surface area contributed by atoms with Crippen molar-refractivity contribution in [3.05, 3.63) is 52.1 Å². The number of hydrogen-bond donors (Lipinski definition) is 1. The lowest BCUT2D eigenvalue weighted by Gasteiger charge is -2.08. The lowest BCUT2D eigenvalue weighted by atomic mass is 10.2. The molecular formula is C15H16Cl2N2S. The molecule has 0 fully saturated rings. The van der Waals surface area contributed by atoms with Crippen LogP contribution in [0.1, 0.15) is 18.9 Å². The fraction of sp³-hybridized carbons (Fsp3) is 0.267. The summed E-state index contributed by atoms with van der Waals surface area (Å²) in [6.07, 6.45) is 2.85. The standard InChI is InChI=1S/C15H16Cl2N2S/c1-2-7-18-10-11-5-6-12(9-14(11)17)20-15-13(16)4-3-8-19-15/h3-6,8-9,18H,2,7,10H2,1H3. The number of hydrogen-bond acceptors (Lipinski definition) is 3. The summed E-state index contributed by atoms with van der Waals surface area (Å²) in [7, 11) is 0. The lowest BCUT2D eigenvalue weighted by Crippen LogP contribution is -2.13. The monoisotopic (exact) mass is 326 g/mol. The van der Waals surface area contributed by atoms with Crippen molar-refractivity contribution in [2.75, 3.05) is 6.54 Å². The molecule has 0 saturated heterocycles. The van der Waals surface area contributed by atoms with E-state index >= 15 is 0 Å². The van der Waals surface area contributed by atoms with Gasteiger partial charge in [-0.15, -0.1) is 0 Å². The summed E-state index contributed by atoms with van der Waals surface area (Å²) in [4.78, 5) is 5.30. The van der Waals surface area contributed by atoms with Gasteiger partial charge in [-0.1, -0.05) is 48.0 Å². The SMILES string of the molecule is CCCNCc1ccc(Sc2ncccc2Cl)cc1Cl. The molecule has 2 nitrogen and oxygen atoms in total. The quantitative estimate of drug-likeness (QED) is 0.753. The van der Waals surface area contributed by atoms with E-state index in [1.54, 1.807) is 6.20 Å². The molecule has 0 aliphatic heterocycles. The van der Waals surface area contributed by atoms with Gasteiger partial charge in [-0.05, 0) is 42.8 Å². The van der Waals surface area contributed by atoms with Gasteiger partial charge in [0.15, 0.2) is 0 Å². The van der Waals surface area contributed by atoms with Crippen LogP contribution in [0.15, 0.2) is 46.5 Å². The van der Waals surface area contributed by atoms with Crippen LogP contribution in [-0.2, 0) is 6.54 Å². The van der Waals surface area contributed by atoms with E-state index < -0.39 is 0 Å². The minimum Gasteiger partial charge on any atom is -0.313 e. The first-order valence-electron chi connectivity index (χ1n) is 6.48. The number of rotatable bonds is 6. The molecule has 2 rings (SSSR count). The van der Waals surface area contributed by atoms with E-state index in [2.05, 4.69) is 17.2 Å². The van der Waals surface area contributed by atoms with E-state index in [1.807, 2.05) is 30.3 Å². The normalized spacial score (nSPS) is 10.8. The molecule has 0 spiro atoms. The summed E-state index contributed by atoms with van der Waals surface area (Å²) in [5, 5.41) is 5.56. The van der Waals surface area contributed by atoms with Gasteiger partial charge in [0, 0.05) is 22.7 Å². The summed E-state index contributed by atoms with van der Waals surface area (Å²) in [5.74, 6) is 0. The number of pyridine rings is 1. The van der Waals surface area contributed by atoms with Gasteiger partial charge >= 0.3 is 0 Å². The van der Waals surface area contributed by atoms with E-state index in [-0.39, 0.29) is 0 Å². The Labute approximate surface area is 133 Å². The Morgan fingerprint density at radius 1 is 1.20 bits per heavy atom. The van der Waals surface area contributed by atoms with Gasteiger partial charge in [-0.25, -0.2) is 4.98 Å². The van der Waals surface area contributed by atoms with Crippen molar-refractivity contribution >= 4 is 35.0 Å². The second kappa shape index (κ2) is 7.89. The van der Waals surface area contributed by atoms with Gasteiger partial charge in [-0.2, -0.15) is 0 Å². The molecule has 0 unspecified atom stereocenters. The van der Waals surface area contributed by atoms with Crippen LogP contribution in [0.5, 0.6) is 0 Å². The number of nitrogens with one attached hydrogen (secondary N) is 1. The zero-order valence-electron chi connectivity index (χ0n) is 11.2. The zero-order valence-corrected chi connectivity index (χ0v) is 13.5. The van der Waals surface area contributed by atoms with Gasteiger partial charge in [0.1, 0.15) is 5.03 Å². The van der Waals surface area contributed by atoms with Gasteiger partial charge < -0.3 is 5.32 Å². The maximum atomic E-state index is 6.31. The van der Waals surface area contributed by atoms with E-state index in [4.69, 9.17) is 23.2 Å².